The van der Waals surface area contributed by atoms with Crippen LogP contribution in [0.1, 0.15) is 45.6 Å². The van der Waals surface area contributed by atoms with E-state index >= 15 is 0 Å². The molecule has 2 amide bonds. The summed E-state index contributed by atoms with van der Waals surface area (Å²) >= 11 is 0. The van der Waals surface area contributed by atoms with Crippen molar-refractivity contribution in [3.05, 3.63) is 41.1 Å². The molecule has 0 bridgehead atoms. The lowest BCUT2D eigenvalue weighted by atomic mass is 10.2. The molecule has 0 saturated carbocycles. The van der Waals surface area contributed by atoms with Crippen molar-refractivity contribution in [1.29, 1.82) is 0 Å². The minimum absolute atomic E-state index is 0.00664. The third-order valence-electron chi connectivity index (χ3n) is 3.87. The normalized spacial score (nSPS) is 11.2. The van der Waals surface area contributed by atoms with Crippen LogP contribution in [-0.2, 0) is 6.54 Å². The van der Waals surface area contributed by atoms with Gasteiger partial charge in [0.25, 0.3) is 18.2 Å². The Morgan fingerprint density at radius 3 is 2.67 bits per heavy atom. The number of aryl methyl sites for hydroxylation is 2. The number of fused-ring (bicyclic) bond motifs is 1. The first-order valence-corrected chi connectivity index (χ1v) is 8.10. The number of rotatable bonds is 5. The van der Waals surface area contributed by atoms with Gasteiger partial charge in [-0.15, -0.1) is 0 Å². The number of carbonyl (C=O) groups is 2. The monoisotopic (exact) mass is 377 g/mol. The number of aromatic nitrogens is 5. The molecule has 0 unspecified atom stereocenters. The SMILES string of the molecule is CCn1cc(NC(=O)c2cnn3c(C(F)F)cc(C)nc23)c(C(=O)NC)n1. The fourth-order valence-corrected chi connectivity index (χ4v) is 2.58. The van der Waals surface area contributed by atoms with Crippen LogP contribution in [0.4, 0.5) is 14.5 Å². The van der Waals surface area contributed by atoms with E-state index < -0.39 is 18.2 Å². The Bertz CT molecular complexity index is 1030. The summed E-state index contributed by atoms with van der Waals surface area (Å²) in [5.74, 6) is -1.10. The summed E-state index contributed by atoms with van der Waals surface area (Å²) in [5.41, 5.74) is 0.224. The molecule has 0 fully saturated rings. The van der Waals surface area contributed by atoms with Crippen LogP contribution < -0.4 is 10.6 Å². The predicted molar refractivity (Wildman–Crippen MR) is 91.9 cm³/mol. The minimum Gasteiger partial charge on any atom is -0.354 e. The van der Waals surface area contributed by atoms with Crippen molar-refractivity contribution < 1.29 is 18.4 Å². The van der Waals surface area contributed by atoms with Gasteiger partial charge in [-0.3, -0.25) is 14.3 Å². The molecule has 0 radical (unpaired) electrons. The second-order valence-corrected chi connectivity index (χ2v) is 5.70. The lowest BCUT2D eigenvalue weighted by Gasteiger charge is -2.06. The molecule has 0 atom stereocenters. The van der Waals surface area contributed by atoms with Gasteiger partial charge in [0.15, 0.2) is 11.3 Å². The zero-order chi connectivity index (χ0) is 19.7. The maximum atomic E-state index is 13.2. The first-order valence-electron chi connectivity index (χ1n) is 8.10. The van der Waals surface area contributed by atoms with Gasteiger partial charge in [0.2, 0.25) is 0 Å². The van der Waals surface area contributed by atoms with Crippen LogP contribution in [0, 0.1) is 6.92 Å². The largest absolute Gasteiger partial charge is 0.354 e. The van der Waals surface area contributed by atoms with E-state index in [1.807, 2.05) is 6.92 Å². The second kappa shape index (κ2) is 7.09. The Morgan fingerprint density at radius 1 is 1.30 bits per heavy atom. The fraction of sp³-hybridized carbons (Fsp3) is 0.312. The molecule has 0 aliphatic heterocycles. The van der Waals surface area contributed by atoms with E-state index in [0.29, 0.717) is 12.2 Å². The van der Waals surface area contributed by atoms with E-state index in [1.54, 1.807) is 6.92 Å². The van der Waals surface area contributed by atoms with E-state index in [9.17, 15) is 18.4 Å². The standard InChI is InChI=1S/C16H17F2N7O2/c1-4-24-7-10(12(23-24)16(27)19-3)22-15(26)9-6-20-25-11(13(17)18)5-8(2)21-14(9)25/h5-7,13H,4H2,1-3H3,(H,19,27)(H,22,26). The van der Waals surface area contributed by atoms with Crippen LogP contribution in [0.2, 0.25) is 0 Å². The summed E-state index contributed by atoms with van der Waals surface area (Å²) in [4.78, 5) is 28.8. The lowest BCUT2D eigenvalue weighted by molar-refractivity contribution is 0.0958. The molecule has 11 heteroatoms. The molecular weight excluding hydrogens is 360 g/mol. The van der Waals surface area contributed by atoms with Crippen LogP contribution in [0.15, 0.2) is 18.5 Å². The van der Waals surface area contributed by atoms with E-state index in [1.165, 1.54) is 24.0 Å². The highest BCUT2D eigenvalue weighted by molar-refractivity contribution is 6.10. The number of anilines is 1. The molecule has 27 heavy (non-hydrogen) atoms. The quantitative estimate of drug-likeness (QED) is 0.705. The molecule has 9 nitrogen and oxygen atoms in total. The average molecular weight is 377 g/mol. The molecule has 0 aliphatic rings. The summed E-state index contributed by atoms with van der Waals surface area (Å²) in [7, 11) is 1.45. The highest BCUT2D eigenvalue weighted by atomic mass is 19.3. The molecule has 0 spiro atoms. The summed E-state index contributed by atoms with van der Waals surface area (Å²) in [6.07, 6.45) is -0.0998. The second-order valence-electron chi connectivity index (χ2n) is 5.70. The third-order valence-corrected chi connectivity index (χ3v) is 3.87. The van der Waals surface area contributed by atoms with E-state index in [4.69, 9.17) is 0 Å². The van der Waals surface area contributed by atoms with Crippen molar-refractivity contribution >= 4 is 23.1 Å². The van der Waals surface area contributed by atoms with Crippen LogP contribution in [0.25, 0.3) is 5.65 Å². The Morgan fingerprint density at radius 2 is 2.04 bits per heavy atom. The number of alkyl halides is 2. The lowest BCUT2D eigenvalue weighted by Crippen LogP contribution is -2.21. The van der Waals surface area contributed by atoms with Gasteiger partial charge < -0.3 is 10.6 Å². The summed E-state index contributed by atoms with van der Waals surface area (Å²) in [5, 5.41) is 13.0. The fourth-order valence-electron chi connectivity index (χ4n) is 2.58. The number of hydrogen-bond donors (Lipinski definition) is 2. The highest BCUT2D eigenvalue weighted by Crippen LogP contribution is 2.22. The van der Waals surface area contributed by atoms with Crippen LogP contribution in [0.5, 0.6) is 0 Å². The average Bonchev–Trinajstić information content (AvgIpc) is 3.24. The van der Waals surface area contributed by atoms with Crippen molar-refractivity contribution in [2.24, 2.45) is 0 Å². The topological polar surface area (TPSA) is 106 Å². The smallest absolute Gasteiger partial charge is 0.280 e. The van der Waals surface area contributed by atoms with Gasteiger partial charge in [0, 0.05) is 25.5 Å². The molecule has 3 rings (SSSR count). The first kappa shape index (κ1) is 18.4. The maximum absolute atomic E-state index is 13.2. The van der Waals surface area contributed by atoms with Gasteiger partial charge in [0.05, 0.1) is 11.9 Å². The molecule has 0 aromatic carbocycles. The van der Waals surface area contributed by atoms with Crippen LogP contribution >= 0.6 is 0 Å². The van der Waals surface area contributed by atoms with Crippen LogP contribution in [-0.4, -0.2) is 43.2 Å². The van der Waals surface area contributed by atoms with Crippen molar-refractivity contribution in [2.75, 3.05) is 12.4 Å². The molecule has 2 N–H and O–H groups in total. The Balaban J connectivity index is 2.01. The summed E-state index contributed by atoms with van der Waals surface area (Å²) < 4.78 is 28.9. The Labute approximate surface area is 152 Å². The van der Waals surface area contributed by atoms with Gasteiger partial charge in [-0.25, -0.2) is 18.3 Å². The number of carbonyl (C=O) groups excluding carboxylic acids is 2. The van der Waals surface area contributed by atoms with Gasteiger partial charge in [-0.05, 0) is 19.9 Å². The molecule has 142 valence electrons. The highest BCUT2D eigenvalue weighted by Gasteiger charge is 2.23. The van der Waals surface area contributed by atoms with Gasteiger partial charge in [0.1, 0.15) is 11.3 Å². The summed E-state index contributed by atoms with van der Waals surface area (Å²) in [6, 6.07) is 1.21. The zero-order valence-corrected chi connectivity index (χ0v) is 14.8. The first-order chi connectivity index (χ1) is 12.8. The predicted octanol–water partition coefficient (Wildman–Crippen LogP) is 1.80. The van der Waals surface area contributed by atoms with Crippen molar-refractivity contribution in [3.8, 4) is 0 Å². The number of nitrogens with one attached hydrogen (secondary N) is 2. The maximum Gasteiger partial charge on any atom is 0.280 e. The minimum atomic E-state index is -2.77. The van der Waals surface area contributed by atoms with E-state index in [-0.39, 0.29) is 28.3 Å². The number of hydrogen-bond acceptors (Lipinski definition) is 5. The molecule has 3 aromatic rings. The van der Waals surface area contributed by atoms with Crippen LogP contribution in [0.3, 0.4) is 0 Å². The third kappa shape index (κ3) is 3.35. The molecule has 3 heterocycles. The molecular formula is C16H17F2N7O2. The number of halogens is 2. The van der Waals surface area contributed by atoms with E-state index in [2.05, 4.69) is 25.8 Å². The number of amides is 2. The molecule has 0 aliphatic carbocycles. The van der Waals surface area contributed by atoms with Gasteiger partial charge >= 0.3 is 0 Å². The van der Waals surface area contributed by atoms with E-state index in [0.717, 1.165) is 10.7 Å². The zero-order valence-electron chi connectivity index (χ0n) is 14.8. The molecule has 3 aromatic heterocycles. The van der Waals surface area contributed by atoms with Gasteiger partial charge in [-0.1, -0.05) is 0 Å². The Hall–Kier alpha value is -3.37. The van der Waals surface area contributed by atoms with Gasteiger partial charge in [-0.2, -0.15) is 10.2 Å². The van der Waals surface area contributed by atoms with Crippen molar-refractivity contribution in [1.82, 2.24) is 29.7 Å². The Kier molecular flexibility index (Phi) is 4.84. The summed E-state index contributed by atoms with van der Waals surface area (Å²) in [6.45, 7) is 3.88. The number of nitrogens with zero attached hydrogens (tertiary/aromatic N) is 5. The van der Waals surface area contributed by atoms with Crippen molar-refractivity contribution in [2.45, 2.75) is 26.8 Å². The molecule has 0 saturated heterocycles. The van der Waals surface area contributed by atoms with Crippen molar-refractivity contribution in [3.63, 3.8) is 0 Å².